The molecular formula is C52H36N4O. The van der Waals surface area contributed by atoms with Crippen LogP contribution in [0, 0.1) is 6.57 Å². The molecule has 9 aromatic rings. The van der Waals surface area contributed by atoms with E-state index >= 15 is 0 Å². The minimum absolute atomic E-state index is 0.0447. The Morgan fingerprint density at radius 2 is 1.07 bits per heavy atom. The van der Waals surface area contributed by atoms with Crippen molar-refractivity contribution in [3.05, 3.63) is 180 Å². The third-order valence-electron chi connectivity index (χ3n) is 12.2. The van der Waals surface area contributed by atoms with Gasteiger partial charge in [0.15, 0.2) is 23.2 Å². The van der Waals surface area contributed by atoms with Gasteiger partial charge in [0, 0.05) is 27.3 Å². The van der Waals surface area contributed by atoms with E-state index in [1.165, 1.54) is 65.5 Å². The Bertz CT molecular complexity index is 3040. The quantitative estimate of drug-likeness (QED) is 0.165. The summed E-state index contributed by atoms with van der Waals surface area (Å²) < 4.78 is 6.39. The Labute approximate surface area is 331 Å². The van der Waals surface area contributed by atoms with Crippen LogP contribution in [0.15, 0.2) is 162 Å². The lowest BCUT2D eigenvalue weighted by atomic mass is 9.67. The number of fused-ring (bicyclic) bond motifs is 8. The second-order valence-corrected chi connectivity index (χ2v) is 15.4. The fourth-order valence-electron chi connectivity index (χ4n) is 9.37. The summed E-state index contributed by atoms with van der Waals surface area (Å²) in [5.41, 5.74) is 15.1. The Kier molecular flexibility index (Phi) is 7.72. The normalized spacial score (nSPS) is 14.1. The number of furan rings is 1. The van der Waals surface area contributed by atoms with Crippen molar-refractivity contribution in [1.82, 2.24) is 15.0 Å². The van der Waals surface area contributed by atoms with Crippen LogP contribution in [0.3, 0.4) is 0 Å². The lowest BCUT2D eigenvalue weighted by molar-refractivity contribution is 0.353. The average molecular weight is 733 g/mol. The average Bonchev–Trinajstić information content (AvgIpc) is 3.79. The number of benzene rings is 7. The van der Waals surface area contributed by atoms with E-state index in [2.05, 4.69) is 95.8 Å². The molecule has 0 N–H and O–H groups in total. The number of aromatic nitrogens is 3. The van der Waals surface area contributed by atoms with E-state index in [1.807, 2.05) is 66.7 Å². The molecule has 57 heavy (non-hydrogen) atoms. The maximum atomic E-state index is 7.63. The van der Waals surface area contributed by atoms with Crippen molar-refractivity contribution in [2.45, 2.75) is 37.5 Å². The molecule has 2 aromatic heterocycles. The van der Waals surface area contributed by atoms with Gasteiger partial charge in [-0.05, 0) is 81.6 Å². The topological polar surface area (TPSA) is 56.2 Å². The Morgan fingerprint density at radius 1 is 0.456 bits per heavy atom. The van der Waals surface area contributed by atoms with Gasteiger partial charge in [0.1, 0.15) is 11.2 Å². The molecule has 0 saturated heterocycles. The van der Waals surface area contributed by atoms with Crippen LogP contribution in [0.2, 0.25) is 0 Å². The zero-order valence-corrected chi connectivity index (χ0v) is 31.2. The molecule has 11 rings (SSSR count). The van der Waals surface area contributed by atoms with Gasteiger partial charge < -0.3 is 4.42 Å². The fourth-order valence-corrected chi connectivity index (χ4v) is 9.37. The molecule has 5 nitrogen and oxygen atoms in total. The van der Waals surface area contributed by atoms with Crippen molar-refractivity contribution in [1.29, 1.82) is 0 Å². The van der Waals surface area contributed by atoms with Gasteiger partial charge in [-0.15, -0.1) is 0 Å². The van der Waals surface area contributed by atoms with E-state index in [-0.39, 0.29) is 5.41 Å². The first-order chi connectivity index (χ1) is 28.1. The maximum absolute atomic E-state index is 7.63. The highest BCUT2D eigenvalue weighted by atomic mass is 16.3. The molecule has 0 bridgehead atoms. The van der Waals surface area contributed by atoms with E-state index in [9.17, 15) is 0 Å². The van der Waals surface area contributed by atoms with Crippen LogP contribution in [0.25, 0.3) is 94.3 Å². The van der Waals surface area contributed by atoms with E-state index in [0.717, 1.165) is 49.8 Å². The van der Waals surface area contributed by atoms with E-state index in [1.54, 1.807) is 0 Å². The highest BCUT2D eigenvalue weighted by Gasteiger charge is 2.43. The molecule has 7 aromatic carbocycles. The number of para-hydroxylation sites is 2. The molecule has 0 aliphatic heterocycles. The third kappa shape index (κ3) is 5.48. The zero-order chi connectivity index (χ0) is 37.9. The predicted molar refractivity (Wildman–Crippen MR) is 230 cm³/mol. The van der Waals surface area contributed by atoms with E-state index < -0.39 is 0 Å². The maximum Gasteiger partial charge on any atom is 0.187 e. The van der Waals surface area contributed by atoms with E-state index in [4.69, 9.17) is 25.9 Å². The van der Waals surface area contributed by atoms with Gasteiger partial charge in [-0.1, -0.05) is 153 Å². The first-order valence-electron chi connectivity index (χ1n) is 19.8. The summed E-state index contributed by atoms with van der Waals surface area (Å²) in [6.45, 7) is 7.63. The van der Waals surface area contributed by atoms with Crippen molar-refractivity contribution in [3.63, 3.8) is 0 Å². The van der Waals surface area contributed by atoms with Crippen LogP contribution in [-0.2, 0) is 5.41 Å². The Hall–Kier alpha value is -7.16. The number of hydrogen-bond acceptors (Lipinski definition) is 4. The molecule has 270 valence electrons. The number of rotatable bonds is 5. The van der Waals surface area contributed by atoms with Crippen LogP contribution in [0.4, 0.5) is 5.69 Å². The highest BCUT2D eigenvalue weighted by Crippen LogP contribution is 2.57. The third-order valence-corrected chi connectivity index (χ3v) is 12.2. The zero-order valence-electron chi connectivity index (χ0n) is 31.2. The summed E-state index contributed by atoms with van der Waals surface area (Å²) in [4.78, 5) is 18.8. The molecule has 1 fully saturated rings. The largest absolute Gasteiger partial charge is 0.455 e. The minimum Gasteiger partial charge on any atom is -0.455 e. The first-order valence-corrected chi connectivity index (χ1v) is 19.8. The minimum atomic E-state index is 0.0447. The number of hydrogen-bond donors (Lipinski definition) is 0. The smallest absolute Gasteiger partial charge is 0.187 e. The van der Waals surface area contributed by atoms with Crippen molar-refractivity contribution >= 4 is 27.6 Å². The summed E-state index contributed by atoms with van der Waals surface area (Å²) >= 11 is 0. The summed E-state index contributed by atoms with van der Waals surface area (Å²) in [5, 5.41) is 2.10. The van der Waals surface area contributed by atoms with Gasteiger partial charge in [0.25, 0.3) is 0 Å². The standard InChI is InChI=1S/C52H36N4O/c1-53-39-26-28-45-44(32-39)40-27-25-38(31-46(40)52(45)29-8-3-9-30-52)35-19-17-33(18-20-35)34-21-23-37(24-22-34)50-54-49(36-11-4-2-5-12-36)55-51(56-50)43-15-10-14-42-41-13-6-7-16-47(41)57-48(42)43/h2,4-7,10-28,31-32H,3,8-9,29-30H2. The first kappa shape index (κ1) is 33.2. The SMILES string of the molecule is [C-]#[N+]c1ccc2c(c1)-c1ccc(-c3ccc(-c4ccc(-c5nc(-c6ccccc6)nc(-c6cccc7c6oc6ccccc67)n5)cc4)cc3)cc1C21CCCCC1. The highest BCUT2D eigenvalue weighted by molar-refractivity contribution is 6.09. The van der Waals surface area contributed by atoms with Gasteiger partial charge in [0.05, 0.1) is 12.1 Å². The molecule has 0 unspecified atom stereocenters. The Balaban J connectivity index is 0.925. The molecule has 0 radical (unpaired) electrons. The van der Waals surface area contributed by atoms with E-state index in [0.29, 0.717) is 23.2 Å². The summed E-state index contributed by atoms with van der Waals surface area (Å²) in [6, 6.07) is 55.0. The summed E-state index contributed by atoms with van der Waals surface area (Å²) in [7, 11) is 0. The molecule has 1 spiro atoms. The number of nitrogens with zero attached hydrogens (tertiary/aromatic N) is 4. The van der Waals surface area contributed by atoms with Crippen molar-refractivity contribution < 1.29 is 4.42 Å². The van der Waals surface area contributed by atoms with Crippen LogP contribution < -0.4 is 0 Å². The van der Waals surface area contributed by atoms with Gasteiger partial charge >= 0.3 is 0 Å². The molecular weight excluding hydrogens is 697 g/mol. The van der Waals surface area contributed by atoms with Crippen LogP contribution in [-0.4, -0.2) is 15.0 Å². The van der Waals surface area contributed by atoms with Gasteiger partial charge in [-0.2, -0.15) is 0 Å². The van der Waals surface area contributed by atoms with Crippen LogP contribution in [0.5, 0.6) is 0 Å². The lowest BCUT2D eigenvalue weighted by Gasteiger charge is -2.36. The molecule has 5 heteroatoms. The molecule has 1 saturated carbocycles. The molecule has 0 atom stereocenters. The fraction of sp³-hybridized carbons (Fsp3) is 0.115. The van der Waals surface area contributed by atoms with Crippen molar-refractivity contribution in [3.8, 4) is 67.5 Å². The Morgan fingerprint density at radius 3 is 1.81 bits per heavy atom. The molecule has 2 heterocycles. The lowest BCUT2D eigenvalue weighted by Crippen LogP contribution is -2.28. The van der Waals surface area contributed by atoms with Crippen molar-refractivity contribution in [2.24, 2.45) is 0 Å². The van der Waals surface area contributed by atoms with Gasteiger partial charge in [-0.25, -0.2) is 19.8 Å². The predicted octanol–water partition coefficient (Wildman–Crippen LogP) is 13.9. The van der Waals surface area contributed by atoms with Crippen molar-refractivity contribution in [2.75, 3.05) is 0 Å². The van der Waals surface area contributed by atoms with Crippen LogP contribution in [0.1, 0.15) is 43.2 Å². The monoisotopic (exact) mass is 732 g/mol. The molecule has 2 aliphatic carbocycles. The molecule has 2 aliphatic rings. The van der Waals surface area contributed by atoms with Gasteiger partial charge in [-0.3, -0.25) is 0 Å². The second-order valence-electron chi connectivity index (χ2n) is 15.4. The summed E-state index contributed by atoms with van der Waals surface area (Å²) in [6.07, 6.45) is 6.10. The summed E-state index contributed by atoms with van der Waals surface area (Å²) in [5.74, 6) is 1.79. The van der Waals surface area contributed by atoms with Crippen LogP contribution >= 0.6 is 0 Å². The second kappa shape index (κ2) is 13.3. The molecule has 0 amide bonds. The van der Waals surface area contributed by atoms with Gasteiger partial charge in [0.2, 0.25) is 0 Å².